The lowest BCUT2D eigenvalue weighted by Crippen LogP contribution is -2.38. The lowest BCUT2D eigenvalue weighted by Gasteiger charge is -2.32. The van der Waals surface area contributed by atoms with Crippen LogP contribution in [0.2, 0.25) is 0 Å². The first-order valence-electron chi connectivity index (χ1n) is 7.75. The SMILES string of the molecule is CCC(=O)N1CCC(n2cc(-c3ccc(Br)cc3)cn2)CC1. The van der Waals surface area contributed by atoms with E-state index in [0.29, 0.717) is 12.5 Å². The highest BCUT2D eigenvalue weighted by Gasteiger charge is 2.23. The molecule has 0 N–H and O–H groups in total. The zero-order valence-electron chi connectivity index (χ0n) is 12.7. The van der Waals surface area contributed by atoms with Crippen molar-refractivity contribution in [3.8, 4) is 11.1 Å². The number of nitrogens with zero attached hydrogens (tertiary/aromatic N) is 3. The van der Waals surface area contributed by atoms with Crippen LogP contribution in [-0.2, 0) is 4.79 Å². The Morgan fingerprint density at radius 1 is 1.23 bits per heavy atom. The summed E-state index contributed by atoms with van der Waals surface area (Å²) in [6.45, 7) is 3.60. The molecule has 0 aliphatic carbocycles. The minimum absolute atomic E-state index is 0.259. The van der Waals surface area contributed by atoms with E-state index in [1.807, 2.05) is 30.2 Å². The molecule has 22 heavy (non-hydrogen) atoms. The Kier molecular flexibility index (Phi) is 4.62. The fraction of sp³-hybridized carbons (Fsp3) is 0.412. The second kappa shape index (κ2) is 6.65. The molecule has 0 radical (unpaired) electrons. The molecular formula is C17H20BrN3O. The minimum Gasteiger partial charge on any atom is -0.343 e. The molecule has 4 nitrogen and oxygen atoms in total. The summed E-state index contributed by atoms with van der Waals surface area (Å²) in [5.74, 6) is 0.259. The summed E-state index contributed by atoms with van der Waals surface area (Å²) in [5.41, 5.74) is 2.31. The fourth-order valence-corrected chi connectivity index (χ4v) is 3.20. The van der Waals surface area contributed by atoms with Crippen LogP contribution < -0.4 is 0 Å². The molecule has 2 heterocycles. The number of piperidine rings is 1. The third kappa shape index (κ3) is 3.24. The molecular weight excluding hydrogens is 342 g/mol. The van der Waals surface area contributed by atoms with Crippen molar-refractivity contribution in [2.75, 3.05) is 13.1 Å². The Balaban J connectivity index is 1.67. The van der Waals surface area contributed by atoms with Gasteiger partial charge in [-0.05, 0) is 30.5 Å². The third-order valence-electron chi connectivity index (χ3n) is 4.27. The highest BCUT2D eigenvalue weighted by molar-refractivity contribution is 9.10. The molecule has 1 aromatic carbocycles. The van der Waals surface area contributed by atoms with E-state index in [1.165, 1.54) is 5.56 Å². The highest BCUT2D eigenvalue weighted by Crippen LogP contribution is 2.26. The Hall–Kier alpha value is -1.62. The molecule has 0 atom stereocenters. The van der Waals surface area contributed by atoms with Crippen LogP contribution in [0.5, 0.6) is 0 Å². The molecule has 5 heteroatoms. The predicted octanol–water partition coefficient (Wildman–Crippen LogP) is 3.89. The quantitative estimate of drug-likeness (QED) is 0.831. The van der Waals surface area contributed by atoms with Gasteiger partial charge in [-0.3, -0.25) is 9.48 Å². The summed E-state index contributed by atoms with van der Waals surface area (Å²) in [4.78, 5) is 13.7. The van der Waals surface area contributed by atoms with Crippen LogP contribution in [0, 0.1) is 0 Å². The van der Waals surface area contributed by atoms with E-state index in [0.717, 1.165) is 36.0 Å². The topological polar surface area (TPSA) is 38.1 Å². The lowest BCUT2D eigenvalue weighted by molar-refractivity contribution is -0.132. The molecule has 1 aliphatic heterocycles. The van der Waals surface area contributed by atoms with Crippen LogP contribution in [-0.4, -0.2) is 33.7 Å². The second-order valence-electron chi connectivity index (χ2n) is 5.68. The number of likely N-dealkylation sites (tertiary alicyclic amines) is 1. The van der Waals surface area contributed by atoms with Gasteiger partial charge < -0.3 is 4.90 Å². The van der Waals surface area contributed by atoms with Crippen molar-refractivity contribution in [3.63, 3.8) is 0 Å². The summed E-state index contributed by atoms with van der Waals surface area (Å²) in [7, 11) is 0. The van der Waals surface area contributed by atoms with Crippen molar-refractivity contribution in [2.45, 2.75) is 32.2 Å². The van der Waals surface area contributed by atoms with Crippen molar-refractivity contribution in [2.24, 2.45) is 0 Å². The number of aromatic nitrogens is 2. The molecule has 1 amide bonds. The third-order valence-corrected chi connectivity index (χ3v) is 4.80. The number of halogens is 1. The number of rotatable bonds is 3. The van der Waals surface area contributed by atoms with E-state index in [-0.39, 0.29) is 5.91 Å². The van der Waals surface area contributed by atoms with Gasteiger partial charge in [0.25, 0.3) is 0 Å². The zero-order valence-corrected chi connectivity index (χ0v) is 14.3. The largest absolute Gasteiger partial charge is 0.343 e. The summed E-state index contributed by atoms with van der Waals surface area (Å²) >= 11 is 3.46. The van der Waals surface area contributed by atoms with Gasteiger partial charge >= 0.3 is 0 Å². The van der Waals surface area contributed by atoms with Crippen molar-refractivity contribution in [3.05, 3.63) is 41.1 Å². The van der Waals surface area contributed by atoms with Gasteiger partial charge in [0.05, 0.1) is 12.2 Å². The van der Waals surface area contributed by atoms with Crippen LogP contribution in [0.3, 0.4) is 0 Å². The van der Waals surface area contributed by atoms with Crippen molar-refractivity contribution in [1.29, 1.82) is 0 Å². The maximum atomic E-state index is 11.7. The molecule has 0 saturated carbocycles. The molecule has 0 unspecified atom stereocenters. The maximum absolute atomic E-state index is 11.7. The first-order chi connectivity index (χ1) is 10.7. The van der Waals surface area contributed by atoms with E-state index >= 15 is 0 Å². The number of amides is 1. The van der Waals surface area contributed by atoms with E-state index < -0.39 is 0 Å². The normalized spacial score (nSPS) is 16.0. The van der Waals surface area contributed by atoms with Gasteiger partial charge in [0.15, 0.2) is 0 Å². The number of carbonyl (C=O) groups excluding carboxylic acids is 1. The van der Waals surface area contributed by atoms with Crippen LogP contribution in [0.1, 0.15) is 32.2 Å². The van der Waals surface area contributed by atoms with Gasteiger partial charge in [-0.15, -0.1) is 0 Å². The molecule has 1 saturated heterocycles. The standard InChI is InChI=1S/C17H20BrN3O/c1-2-17(22)20-9-7-16(8-10-20)21-12-14(11-19-21)13-3-5-15(18)6-4-13/h3-6,11-12,16H,2,7-10H2,1H3. The number of hydrogen-bond donors (Lipinski definition) is 0. The average Bonchev–Trinajstić information content (AvgIpc) is 3.05. The molecule has 1 fully saturated rings. The summed E-state index contributed by atoms with van der Waals surface area (Å²) < 4.78 is 3.14. The fourth-order valence-electron chi connectivity index (χ4n) is 2.93. The van der Waals surface area contributed by atoms with E-state index in [1.54, 1.807) is 0 Å². The van der Waals surface area contributed by atoms with Gasteiger partial charge in [0.2, 0.25) is 5.91 Å². The van der Waals surface area contributed by atoms with Gasteiger partial charge in [0, 0.05) is 35.7 Å². The minimum atomic E-state index is 0.259. The predicted molar refractivity (Wildman–Crippen MR) is 90.5 cm³/mol. The first kappa shape index (κ1) is 15.3. The zero-order chi connectivity index (χ0) is 15.5. The van der Waals surface area contributed by atoms with Gasteiger partial charge in [-0.1, -0.05) is 35.0 Å². The Bertz CT molecular complexity index is 642. The molecule has 116 valence electrons. The van der Waals surface area contributed by atoms with Gasteiger partial charge in [-0.2, -0.15) is 5.10 Å². The summed E-state index contributed by atoms with van der Waals surface area (Å²) in [6, 6.07) is 8.66. The maximum Gasteiger partial charge on any atom is 0.222 e. The van der Waals surface area contributed by atoms with Crippen LogP contribution in [0.15, 0.2) is 41.1 Å². The number of benzene rings is 1. The molecule has 1 aromatic heterocycles. The highest BCUT2D eigenvalue weighted by atomic mass is 79.9. The van der Waals surface area contributed by atoms with Crippen LogP contribution in [0.4, 0.5) is 0 Å². The molecule has 3 rings (SSSR count). The van der Waals surface area contributed by atoms with E-state index in [9.17, 15) is 4.79 Å². The number of hydrogen-bond acceptors (Lipinski definition) is 2. The molecule has 0 bridgehead atoms. The molecule has 1 aliphatic rings. The summed E-state index contributed by atoms with van der Waals surface area (Å²) in [5, 5.41) is 4.53. The van der Waals surface area contributed by atoms with Crippen molar-refractivity contribution >= 4 is 21.8 Å². The van der Waals surface area contributed by atoms with Crippen LogP contribution in [0.25, 0.3) is 11.1 Å². The summed E-state index contributed by atoms with van der Waals surface area (Å²) in [6.07, 6.45) is 6.60. The second-order valence-corrected chi connectivity index (χ2v) is 6.60. The van der Waals surface area contributed by atoms with Gasteiger partial charge in [0.1, 0.15) is 0 Å². The van der Waals surface area contributed by atoms with Crippen molar-refractivity contribution in [1.82, 2.24) is 14.7 Å². The van der Waals surface area contributed by atoms with E-state index in [4.69, 9.17) is 0 Å². The van der Waals surface area contributed by atoms with Gasteiger partial charge in [-0.25, -0.2) is 0 Å². The first-order valence-corrected chi connectivity index (χ1v) is 8.54. The smallest absolute Gasteiger partial charge is 0.222 e. The average molecular weight is 362 g/mol. The Morgan fingerprint density at radius 3 is 2.55 bits per heavy atom. The molecule has 2 aromatic rings. The Labute approximate surface area is 139 Å². The van der Waals surface area contributed by atoms with Crippen LogP contribution >= 0.6 is 15.9 Å². The Morgan fingerprint density at radius 2 is 1.91 bits per heavy atom. The number of carbonyl (C=O) groups is 1. The van der Waals surface area contributed by atoms with E-state index in [2.05, 4.69) is 44.0 Å². The lowest BCUT2D eigenvalue weighted by atomic mass is 10.0. The monoisotopic (exact) mass is 361 g/mol. The van der Waals surface area contributed by atoms with Crippen molar-refractivity contribution < 1.29 is 4.79 Å². The molecule has 0 spiro atoms.